The molecular formula is C19H32N4O11. The molecule has 0 bridgehead atoms. The van der Waals surface area contributed by atoms with Gasteiger partial charge in [-0.15, -0.1) is 0 Å². The van der Waals surface area contributed by atoms with Crippen LogP contribution in [-0.2, 0) is 33.4 Å². The summed E-state index contributed by atoms with van der Waals surface area (Å²) in [7, 11) is 0. The lowest BCUT2D eigenvalue weighted by Crippen LogP contribution is -2.70. The molecule has 0 aliphatic carbocycles. The van der Waals surface area contributed by atoms with Crippen molar-refractivity contribution in [1.82, 2.24) is 10.2 Å². The number of ether oxygens (including phenoxy) is 2. The van der Waals surface area contributed by atoms with Crippen LogP contribution >= 0.6 is 0 Å². The summed E-state index contributed by atoms with van der Waals surface area (Å²) in [6.45, 7) is 2.82. The van der Waals surface area contributed by atoms with Gasteiger partial charge in [-0.3, -0.25) is 19.2 Å². The van der Waals surface area contributed by atoms with E-state index in [1.165, 1.54) is 13.8 Å². The molecule has 1 heterocycles. The molecule has 0 aromatic heterocycles. The summed E-state index contributed by atoms with van der Waals surface area (Å²) in [6, 6.07) is -4.02. The van der Waals surface area contributed by atoms with Crippen LogP contribution in [0.5, 0.6) is 0 Å². The molecule has 0 aromatic carbocycles. The quantitative estimate of drug-likeness (QED) is 0.139. The van der Waals surface area contributed by atoms with E-state index in [4.69, 9.17) is 31.2 Å². The standard InChI is InChI=1S/C19H32N4O11/c1-7(17(30)22-10(16(21)29)4-5-12(26)27)23(9(3)25)18-13(20)15(33-8(2)19(31)32)14(28)11(6-24)34-18/h7-8,10-11,13-15,18,24,28H,4-6,20H2,1-3H3,(H2,21,29)(H,22,30)(H,26,27)(H,31,32)/t7-,8+,10-,11+,13+,14+,15+,18?/m0/s1. The molecule has 0 spiro atoms. The van der Waals surface area contributed by atoms with Crippen LogP contribution in [0.25, 0.3) is 0 Å². The van der Waals surface area contributed by atoms with E-state index in [1.54, 1.807) is 0 Å². The molecular weight excluding hydrogens is 460 g/mol. The van der Waals surface area contributed by atoms with Crippen LogP contribution in [0.15, 0.2) is 0 Å². The highest BCUT2D eigenvalue weighted by Gasteiger charge is 2.49. The number of nitrogens with one attached hydrogen (secondary N) is 1. The largest absolute Gasteiger partial charge is 0.481 e. The first kappa shape index (κ1) is 29.2. The lowest BCUT2D eigenvalue weighted by Gasteiger charge is -2.48. The zero-order valence-electron chi connectivity index (χ0n) is 19.0. The first-order chi connectivity index (χ1) is 15.7. The summed E-state index contributed by atoms with van der Waals surface area (Å²) in [4.78, 5) is 59.7. The Morgan fingerprint density at radius 2 is 1.76 bits per heavy atom. The molecule has 9 N–H and O–H groups in total. The minimum atomic E-state index is -1.55. The van der Waals surface area contributed by atoms with Gasteiger partial charge in [0.25, 0.3) is 0 Å². The number of carbonyl (C=O) groups excluding carboxylic acids is 3. The monoisotopic (exact) mass is 492 g/mol. The molecule has 194 valence electrons. The Morgan fingerprint density at radius 3 is 2.21 bits per heavy atom. The molecule has 0 radical (unpaired) electrons. The van der Waals surface area contributed by atoms with Gasteiger partial charge in [0.15, 0.2) is 12.3 Å². The van der Waals surface area contributed by atoms with Gasteiger partial charge in [-0.05, 0) is 20.3 Å². The van der Waals surface area contributed by atoms with Gasteiger partial charge in [-0.2, -0.15) is 0 Å². The molecule has 1 aliphatic heterocycles. The molecule has 1 saturated heterocycles. The van der Waals surface area contributed by atoms with Crippen LogP contribution in [0.4, 0.5) is 0 Å². The van der Waals surface area contributed by atoms with Crippen molar-refractivity contribution in [3.8, 4) is 0 Å². The number of rotatable bonds is 12. The molecule has 34 heavy (non-hydrogen) atoms. The number of hydrogen-bond acceptors (Lipinski definition) is 10. The molecule has 0 saturated carbocycles. The number of nitrogens with two attached hydrogens (primary N) is 2. The third kappa shape index (κ3) is 7.33. The zero-order valence-corrected chi connectivity index (χ0v) is 19.0. The maximum absolute atomic E-state index is 12.8. The second-order valence-electron chi connectivity index (χ2n) is 7.89. The number of carboxylic acid groups (broad SMARTS) is 2. The third-order valence-electron chi connectivity index (χ3n) is 5.37. The minimum Gasteiger partial charge on any atom is -0.481 e. The Labute approximate surface area is 195 Å². The van der Waals surface area contributed by atoms with E-state index in [0.29, 0.717) is 0 Å². The number of hydrogen-bond donors (Lipinski definition) is 7. The van der Waals surface area contributed by atoms with Crippen molar-refractivity contribution in [1.29, 1.82) is 0 Å². The summed E-state index contributed by atoms with van der Waals surface area (Å²) < 4.78 is 10.9. The number of carbonyl (C=O) groups is 5. The fourth-order valence-corrected chi connectivity index (χ4v) is 3.46. The highest BCUT2D eigenvalue weighted by molar-refractivity contribution is 5.91. The molecule has 1 rings (SSSR count). The maximum atomic E-state index is 12.8. The SMILES string of the molecule is CC(=O)N(C1O[C@H](CO)[C@@H](O)[C@H](O[C@H](C)C(=O)O)[C@H]1N)[C@@H](C)C(=O)N[C@@H](CCC(=O)O)C(N)=O. The van der Waals surface area contributed by atoms with Crippen molar-refractivity contribution in [3.63, 3.8) is 0 Å². The number of amides is 3. The highest BCUT2D eigenvalue weighted by atomic mass is 16.6. The maximum Gasteiger partial charge on any atom is 0.332 e. The topological polar surface area (TPSA) is 252 Å². The molecule has 3 amide bonds. The minimum absolute atomic E-state index is 0.287. The number of aliphatic hydroxyl groups excluding tert-OH is 2. The summed E-state index contributed by atoms with van der Waals surface area (Å²) in [5.74, 6) is -5.15. The van der Waals surface area contributed by atoms with E-state index in [2.05, 4.69) is 5.32 Å². The van der Waals surface area contributed by atoms with E-state index in [-0.39, 0.29) is 6.42 Å². The van der Waals surface area contributed by atoms with Crippen LogP contribution in [0, 0.1) is 0 Å². The summed E-state index contributed by atoms with van der Waals surface area (Å²) in [6.07, 6.45) is -7.87. The lowest BCUT2D eigenvalue weighted by molar-refractivity contribution is -0.245. The summed E-state index contributed by atoms with van der Waals surface area (Å²) in [5.41, 5.74) is 11.4. The highest BCUT2D eigenvalue weighted by Crippen LogP contribution is 2.27. The van der Waals surface area contributed by atoms with Crippen LogP contribution in [0.1, 0.15) is 33.6 Å². The molecule has 1 aliphatic rings. The van der Waals surface area contributed by atoms with Crippen molar-refractivity contribution in [2.45, 2.75) is 82.4 Å². The summed E-state index contributed by atoms with van der Waals surface area (Å²) in [5, 5.41) is 40.2. The fourth-order valence-electron chi connectivity index (χ4n) is 3.46. The van der Waals surface area contributed by atoms with Crippen molar-refractivity contribution < 1.29 is 53.9 Å². The molecule has 1 fully saturated rings. The Bertz CT molecular complexity index is 779. The Kier molecular flexibility index (Phi) is 10.8. The lowest BCUT2D eigenvalue weighted by atomic mass is 9.94. The van der Waals surface area contributed by atoms with E-state index < -0.39 is 91.5 Å². The Balaban J connectivity index is 3.18. The van der Waals surface area contributed by atoms with Gasteiger partial charge in [-0.1, -0.05) is 0 Å². The number of aliphatic carboxylic acids is 2. The van der Waals surface area contributed by atoms with Crippen LogP contribution in [-0.4, -0.2) is 110 Å². The third-order valence-corrected chi connectivity index (χ3v) is 5.37. The molecule has 1 unspecified atom stereocenters. The average Bonchev–Trinajstić information content (AvgIpc) is 2.74. The van der Waals surface area contributed by atoms with Gasteiger partial charge in [0.2, 0.25) is 17.7 Å². The van der Waals surface area contributed by atoms with Crippen LogP contribution < -0.4 is 16.8 Å². The van der Waals surface area contributed by atoms with Gasteiger partial charge in [-0.25, -0.2) is 4.79 Å². The Hall–Kier alpha value is -2.85. The Morgan fingerprint density at radius 1 is 1.18 bits per heavy atom. The molecule has 15 heteroatoms. The van der Waals surface area contributed by atoms with Crippen molar-refractivity contribution in [3.05, 3.63) is 0 Å². The smallest absolute Gasteiger partial charge is 0.332 e. The van der Waals surface area contributed by atoms with Crippen molar-refractivity contribution in [2.24, 2.45) is 11.5 Å². The van der Waals surface area contributed by atoms with Gasteiger partial charge in [0.1, 0.15) is 30.4 Å². The second-order valence-corrected chi connectivity index (χ2v) is 7.89. The normalized spacial score (nSPS) is 27.2. The van der Waals surface area contributed by atoms with E-state index in [0.717, 1.165) is 11.8 Å². The number of nitrogens with zero attached hydrogens (tertiary/aromatic N) is 1. The average molecular weight is 492 g/mol. The summed E-state index contributed by atoms with van der Waals surface area (Å²) >= 11 is 0. The van der Waals surface area contributed by atoms with Gasteiger partial charge in [0.05, 0.1) is 12.6 Å². The first-order valence-electron chi connectivity index (χ1n) is 10.4. The van der Waals surface area contributed by atoms with Crippen LogP contribution in [0.2, 0.25) is 0 Å². The molecule has 8 atom stereocenters. The number of primary amides is 1. The van der Waals surface area contributed by atoms with E-state index >= 15 is 0 Å². The van der Waals surface area contributed by atoms with E-state index in [9.17, 15) is 34.2 Å². The molecule has 0 aromatic rings. The van der Waals surface area contributed by atoms with E-state index in [1.807, 2.05) is 0 Å². The zero-order chi connectivity index (χ0) is 26.3. The van der Waals surface area contributed by atoms with Crippen molar-refractivity contribution in [2.75, 3.05) is 6.61 Å². The predicted molar refractivity (Wildman–Crippen MR) is 112 cm³/mol. The number of carboxylic acids is 2. The first-order valence-corrected chi connectivity index (χ1v) is 10.4. The fraction of sp³-hybridized carbons (Fsp3) is 0.737. The van der Waals surface area contributed by atoms with Gasteiger partial charge in [0, 0.05) is 13.3 Å². The van der Waals surface area contributed by atoms with Gasteiger partial charge < -0.3 is 51.6 Å². The second kappa shape index (κ2) is 12.6. The molecule has 15 nitrogen and oxygen atoms in total. The number of aliphatic hydroxyl groups is 2. The van der Waals surface area contributed by atoms with Crippen LogP contribution in [0.3, 0.4) is 0 Å². The predicted octanol–water partition coefficient (Wildman–Crippen LogP) is -3.68. The van der Waals surface area contributed by atoms with Gasteiger partial charge >= 0.3 is 11.9 Å². The van der Waals surface area contributed by atoms with Crippen molar-refractivity contribution >= 4 is 29.7 Å².